The molecule has 0 radical (unpaired) electrons. The predicted molar refractivity (Wildman–Crippen MR) is 90.6 cm³/mol. The molecule has 3 N–H and O–H groups in total. The van der Waals surface area contributed by atoms with Crippen LogP contribution < -0.4 is 5.32 Å². The third-order valence-corrected chi connectivity index (χ3v) is 4.97. The van der Waals surface area contributed by atoms with Gasteiger partial charge >= 0.3 is 11.9 Å². The second-order valence-electron chi connectivity index (χ2n) is 6.28. The highest BCUT2D eigenvalue weighted by atomic mass is 32.2. The second kappa shape index (κ2) is 10.4. The van der Waals surface area contributed by atoms with Gasteiger partial charge in [0.05, 0.1) is 5.75 Å². The summed E-state index contributed by atoms with van der Waals surface area (Å²) < 4.78 is 34.2. The number of nitrogens with one attached hydrogen (secondary N) is 1. The molecule has 0 aliphatic rings. The van der Waals surface area contributed by atoms with Crippen molar-refractivity contribution in [3.63, 3.8) is 0 Å². The lowest BCUT2D eigenvalue weighted by Gasteiger charge is -2.35. The fourth-order valence-corrected chi connectivity index (χ4v) is 3.12. The van der Waals surface area contributed by atoms with E-state index in [1.165, 1.54) is 27.7 Å². The van der Waals surface area contributed by atoms with Gasteiger partial charge in [-0.2, -0.15) is 8.42 Å². The van der Waals surface area contributed by atoms with Crippen LogP contribution in [-0.2, 0) is 33.4 Å². The Morgan fingerprint density at radius 2 is 1.81 bits per heavy atom. The summed E-state index contributed by atoms with van der Waals surface area (Å²) in [7, 11) is -4.12. The molecular formula is C15H27NO9S. The molecule has 0 fully saturated rings. The molecule has 0 aliphatic carbocycles. The van der Waals surface area contributed by atoms with Crippen LogP contribution in [0.3, 0.4) is 0 Å². The van der Waals surface area contributed by atoms with Crippen molar-refractivity contribution in [1.29, 1.82) is 0 Å². The molecule has 0 bridgehead atoms. The molecule has 0 aromatic rings. The summed E-state index contributed by atoms with van der Waals surface area (Å²) in [6, 6.07) is 0. The lowest BCUT2D eigenvalue weighted by atomic mass is 9.81. The van der Waals surface area contributed by atoms with Gasteiger partial charge in [-0.3, -0.25) is 13.8 Å². The maximum Gasteiger partial charge on any atom is 0.333 e. The van der Waals surface area contributed by atoms with Crippen LogP contribution in [0.4, 0.5) is 0 Å². The van der Waals surface area contributed by atoms with Gasteiger partial charge in [-0.05, 0) is 6.42 Å². The highest BCUT2D eigenvalue weighted by Gasteiger charge is 2.44. The number of esters is 1. The number of hydrogen-bond donors (Lipinski definition) is 3. The van der Waals surface area contributed by atoms with Gasteiger partial charge in [-0.25, -0.2) is 4.79 Å². The van der Waals surface area contributed by atoms with E-state index >= 15 is 0 Å². The zero-order chi connectivity index (χ0) is 20.5. The number of carbonyl (C=O) groups is 3. The molecule has 2 atom stereocenters. The van der Waals surface area contributed by atoms with Gasteiger partial charge in [0.2, 0.25) is 5.91 Å². The van der Waals surface area contributed by atoms with E-state index in [4.69, 9.17) is 14.0 Å². The van der Waals surface area contributed by atoms with Gasteiger partial charge in [0, 0.05) is 25.3 Å². The number of ether oxygens (including phenoxy) is 1. The van der Waals surface area contributed by atoms with E-state index in [1.54, 1.807) is 0 Å². The maximum atomic E-state index is 12.1. The molecular weight excluding hydrogens is 370 g/mol. The highest BCUT2D eigenvalue weighted by Crippen LogP contribution is 2.30. The maximum absolute atomic E-state index is 12.1. The molecule has 0 heterocycles. The van der Waals surface area contributed by atoms with E-state index in [1.807, 2.05) is 0 Å². The van der Waals surface area contributed by atoms with Crippen molar-refractivity contribution in [2.45, 2.75) is 52.7 Å². The normalized spacial score (nSPS) is 14.3. The first-order valence-corrected chi connectivity index (χ1v) is 9.63. The SMILES string of the molecule is CCC(=O)OCC(OS(=O)(=O)CCCNC(C)=O)C(C)(C)[C@@H](O)C(=O)O. The Labute approximate surface area is 153 Å². The molecule has 1 unspecified atom stereocenters. The lowest BCUT2D eigenvalue weighted by molar-refractivity contribution is -0.162. The Balaban J connectivity index is 5.17. The van der Waals surface area contributed by atoms with Gasteiger partial charge in [-0.15, -0.1) is 0 Å². The standard InChI is InChI=1S/C15H27NO9S/c1-5-12(18)24-9-11(15(3,4)13(19)14(20)21)25-26(22,23)8-6-7-16-10(2)17/h11,13,19H,5-9H2,1-4H3,(H,16,17)(H,20,21)/t11?,13-/m0/s1. The average molecular weight is 397 g/mol. The van der Waals surface area contributed by atoms with Crippen molar-refractivity contribution in [2.75, 3.05) is 18.9 Å². The first kappa shape index (κ1) is 24.3. The lowest BCUT2D eigenvalue weighted by Crippen LogP contribution is -2.49. The summed E-state index contributed by atoms with van der Waals surface area (Å²) in [5, 5.41) is 21.3. The monoisotopic (exact) mass is 397 g/mol. The van der Waals surface area contributed by atoms with E-state index in [-0.39, 0.29) is 25.3 Å². The number of amides is 1. The minimum absolute atomic E-state index is 0.0398. The van der Waals surface area contributed by atoms with E-state index < -0.39 is 52.0 Å². The first-order valence-electron chi connectivity index (χ1n) is 8.05. The molecule has 0 saturated heterocycles. The largest absolute Gasteiger partial charge is 0.479 e. The zero-order valence-corrected chi connectivity index (χ0v) is 16.2. The molecule has 1 amide bonds. The third-order valence-electron chi connectivity index (χ3n) is 3.66. The number of aliphatic hydroxyl groups is 1. The van der Waals surface area contributed by atoms with Crippen LogP contribution >= 0.6 is 0 Å². The van der Waals surface area contributed by atoms with Crippen molar-refractivity contribution >= 4 is 28.0 Å². The van der Waals surface area contributed by atoms with E-state index in [9.17, 15) is 27.9 Å². The number of carbonyl (C=O) groups excluding carboxylic acids is 2. The molecule has 0 aliphatic heterocycles. The quantitative estimate of drug-likeness (QED) is 0.227. The van der Waals surface area contributed by atoms with Crippen molar-refractivity contribution in [1.82, 2.24) is 5.32 Å². The minimum atomic E-state index is -4.12. The van der Waals surface area contributed by atoms with Crippen molar-refractivity contribution in [2.24, 2.45) is 5.41 Å². The molecule has 152 valence electrons. The van der Waals surface area contributed by atoms with E-state index in [0.29, 0.717) is 0 Å². The van der Waals surface area contributed by atoms with E-state index in [2.05, 4.69) is 5.32 Å². The fraction of sp³-hybridized carbons (Fsp3) is 0.800. The van der Waals surface area contributed by atoms with Crippen molar-refractivity contribution < 1.29 is 41.9 Å². The number of aliphatic carboxylic acids is 1. The number of carboxylic acids is 1. The van der Waals surface area contributed by atoms with Crippen molar-refractivity contribution in [3.05, 3.63) is 0 Å². The summed E-state index contributed by atoms with van der Waals surface area (Å²) >= 11 is 0. The van der Waals surface area contributed by atoms with Crippen molar-refractivity contribution in [3.8, 4) is 0 Å². The summed E-state index contributed by atoms with van der Waals surface area (Å²) in [4.78, 5) is 33.2. The topological polar surface area (TPSA) is 156 Å². The number of carboxylic acid groups (broad SMARTS) is 1. The zero-order valence-electron chi connectivity index (χ0n) is 15.4. The Hall–Kier alpha value is -1.72. The Bertz CT molecular complexity index is 600. The van der Waals surface area contributed by atoms with Crippen LogP contribution in [0.5, 0.6) is 0 Å². The Kier molecular flexibility index (Phi) is 9.74. The van der Waals surface area contributed by atoms with Gasteiger partial charge in [0.25, 0.3) is 10.1 Å². The van der Waals surface area contributed by atoms with Crippen LogP contribution in [0, 0.1) is 5.41 Å². The van der Waals surface area contributed by atoms with Crippen LogP contribution in [0.25, 0.3) is 0 Å². The number of aliphatic hydroxyl groups excluding tert-OH is 1. The smallest absolute Gasteiger partial charge is 0.333 e. The summed E-state index contributed by atoms with van der Waals surface area (Å²) in [5.74, 6) is -2.93. The van der Waals surface area contributed by atoms with Crippen LogP contribution in [0.15, 0.2) is 0 Å². The predicted octanol–water partition coefficient (Wildman–Crippen LogP) is -0.347. The Morgan fingerprint density at radius 3 is 2.27 bits per heavy atom. The van der Waals surface area contributed by atoms with E-state index in [0.717, 1.165) is 0 Å². The summed E-state index contributed by atoms with van der Waals surface area (Å²) in [5.41, 5.74) is -1.56. The van der Waals surface area contributed by atoms with Gasteiger partial charge in [0.15, 0.2) is 6.10 Å². The number of hydrogen-bond acceptors (Lipinski definition) is 8. The van der Waals surface area contributed by atoms with Gasteiger partial charge in [-0.1, -0.05) is 20.8 Å². The molecule has 10 nitrogen and oxygen atoms in total. The fourth-order valence-electron chi connectivity index (χ4n) is 1.87. The molecule has 0 rings (SSSR count). The Morgan fingerprint density at radius 1 is 1.23 bits per heavy atom. The molecule has 0 aromatic heterocycles. The van der Waals surface area contributed by atoms with Gasteiger partial charge < -0.3 is 20.3 Å². The minimum Gasteiger partial charge on any atom is -0.479 e. The van der Waals surface area contributed by atoms with Crippen LogP contribution in [0.2, 0.25) is 0 Å². The molecule has 26 heavy (non-hydrogen) atoms. The third kappa shape index (κ3) is 8.59. The second-order valence-corrected chi connectivity index (χ2v) is 8.00. The highest BCUT2D eigenvalue weighted by molar-refractivity contribution is 7.86. The average Bonchev–Trinajstić information content (AvgIpc) is 2.53. The molecule has 0 aromatic carbocycles. The first-order chi connectivity index (χ1) is 11.8. The van der Waals surface area contributed by atoms with Crippen LogP contribution in [0.1, 0.15) is 40.5 Å². The molecule has 11 heteroatoms. The molecule has 0 spiro atoms. The van der Waals surface area contributed by atoms with Gasteiger partial charge in [0.1, 0.15) is 12.7 Å². The summed E-state index contributed by atoms with van der Waals surface area (Å²) in [6.07, 6.45) is -3.24. The number of rotatable bonds is 12. The summed E-state index contributed by atoms with van der Waals surface area (Å²) in [6.45, 7) is 5.00. The van der Waals surface area contributed by atoms with Crippen LogP contribution in [-0.4, -0.2) is 67.6 Å². The molecule has 0 saturated carbocycles.